The van der Waals surface area contributed by atoms with Crippen LogP contribution in [0.3, 0.4) is 0 Å². The summed E-state index contributed by atoms with van der Waals surface area (Å²) in [6, 6.07) is 9.63. The van der Waals surface area contributed by atoms with Crippen LogP contribution in [-0.2, 0) is 0 Å². The molecule has 0 aliphatic carbocycles. The highest BCUT2D eigenvalue weighted by molar-refractivity contribution is 7.15. The average molecular weight is 324 g/mol. The number of thiazole rings is 1. The molecule has 3 heterocycles. The number of hydrogen-bond donors (Lipinski definition) is 0. The molecule has 0 fully saturated rings. The maximum Gasteiger partial charge on any atom is 0.291 e. The second-order valence-corrected chi connectivity index (χ2v) is 5.85. The summed E-state index contributed by atoms with van der Waals surface area (Å²) in [7, 11) is 0. The summed E-state index contributed by atoms with van der Waals surface area (Å²) in [4.78, 5) is 21.2. The Labute approximate surface area is 133 Å². The van der Waals surface area contributed by atoms with Crippen LogP contribution >= 0.6 is 11.3 Å². The Bertz CT molecular complexity index is 1100. The molecule has 4 aromatic rings. The van der Waals surface area contributed by atoms with Gasteiger partial charge in [-0.3, -0.25) is 9.78 Å². The lowest BCUT2D eigenvalue weighted by Crippen LogP contribution is -2.23. The molecule has 0 spiro atoms. The van der Waals surface area contributed by atoms with Gasteiger partial charge in [0.15, 0.2) is 5.82 Å². The fourth-order valence-electron chi connectivity index (χ4n) is 2.20. The van der Waals surface area contributed by atoms with E-state index in [1.165, 1.54) is 28.0 Å². The predicted molar refractivity (Wildman–Crippen MR) is 85.5 cm³/mol. The lowest BCUT2D eigenvalue weighted by atomic mass is 10.2. The molecule has 0 aliphatic rings. The number of fused-ring (bicyclic) bond motifs is 1. The minimum atomic E-state index is -0.342. The van der Waals surface area contributed by atoms with Gasteiger partial charge >= 0.3 is 0 Å². The summed E-state index contributed by atoms with van der Waals surface area (Å²) in [5.74, 6) is 0.138. The highest BCUT2D eigenvalue weighted by Crippen LogP contribution is 2.15. The molecule has 112 valence electrons. The van der Waals surface area contributed by atoms with Gasteiger partial charge in [0, 0.05) is 18.0 Å². The van der Waals surface area contributed by atoms with Crippen molar-refractivity contribution in [2.75, 3.05) is 0 Å². The van der Waals surface area contributed by atoms with Crippen molar-refractivity contribution >= 4 is 22.4 Å². The van der Waals surface area contributed by atoms with Gasteiger partial charge in [0.05, 0.1) is 4.53 Å². The summed E-state index contributed by atoms with van der Waals surface area (Å²) in [5.41, 5.74) is 1.16. The van der Waals surface area contributed by atoms with Crippen molar-refractivity contribution in [3.63, 3.8) is 0 Å². The molecule has 4 rings (SSSR count). The molecule has 0 bridgehead atoms. The Balaban J connectivity index is 1.84. The minimum absolute atomic E-state index is 0.262. The number of aromatic nitrogens is 4. The zero-order chi connectivity index (χ0) is 15.8. The van der Waals surface area contributed by atoms with E-state index in [2.05, 4.69) is 15.1 Å². The summed E-state index contributed by atoms with van der Waals surface area (Å²) in [5, 5.41) is 4.24. The molecule has 3 aromatic heterocycles. The number of halogens is 1. The van der Waals surface area contributed by atoms with Gasteiger partial charge in [-0.05, 0) is 35.9 Å². The summed E-state index contributed by atoms with van der Waals surface area (Å²) < 4.78 is 15.0. The topological polar surface area (TPSA) is 60.2 Å². The molecule has 0 unspecified atom stereocenters. The Morgan fingerprint density at radius 1 is 1.17 bits per heavy atom. The Morgan fingerprint density at radius 2 is 2.00 bits per heavy atom. The van der Waals surface area contributed by atoms with Crippen LogP contribution in [0.5, 0.6) is 0 Å². The van der Waals surface area contributed by atoms with Crippen LogP contribution in [0.15, 0.2) is 53.6 Å². The number of pyridine rings is 1. The quantitative estimate of drug-likeness (QED) is 0.565. The molecular weight excluding hydrogens is 315 g/mol. The molecule has 23 heavy (non-hydrogen) atoms. The van der Waals surface area contributed by atoms with Crippen molar-refractivity contribution in [2.24, 2.45) is 0 Å². The lowest BCUT2D eigenvalue weighted by molar-refractivity contribution is 0.627. The predicted octanol–water partition coefficient (Wildman–Crippen LogP) is 1.90. The third kappa shape index (κ3) is 2.51. The molecule has 0 aliphatic heterocycles. The standard InChI is InChI=1S/C16H9FN4OS/c17-12-3-1-2-10(8-12)9-13-15(22)21-16(23-13)19-14(20-21)11-4-6-18-7-5-11/h1-9H. The van der Waals surface area contributed by atoms with Gasteiger partial charge in [-0.2, -0.15) is 9.50 Å². The first-order valence-electron chi connectivity index (χ1n) is 6.78. The molecular formula is C16H9FN4OS. The zero-order valence-electron chi connectivity index (χ0n) is 11.7. The zero-order valence-corrected chi connectivity index (χ0v) is 12.5. The third-order valence-electron chi connectivity index (χ3n) is 3.27. The summed E-state index contributed by atoms with van der Waals surface area (Å²) in [6.45, 7) is 0. The second-order valence-electron chi connectivity index (χ2n) is 4.84. The summed E-state index contributed by atoms with van der Waals surface area (Å²) >= 11 is 1.22. The van der Waals surface area contributed by atoms with Gasteiger partial charge in [-0.1, -0.05) is 23.5 Å². The Morgan fingerprint density at radius 3 is 2.74 bits per heavy atom. The van der Waals surface area contributed by atoms with E-state index in [4.69, 9.17) is 0 Å². The van der Waals surface area contributed by atoms with Crippen LogP contribution in [0.2, 0.25) is 0 Å². The van der Waals surface area contributed by atoms with Gasteiger partial charge in [0.25, 0.3) is 5.56 Å². The molecule has 5 nitrogen and oxygen atoms in total. The fraction of sp³-hybridized carbons (Fsp3) is 0. The fourth-order valence-corrected chi connectivity index (χ4v) is 3.11. The van der Waals surface area contributed by atoms with Crippen LogP contribution in [0.4, 0.5) is 4.39 Å². The van der Waals surface area contributed by atoms with Crippen LogP contribution in [0.25, 0.3) is 22.4 Å². The molecule has 0 N–H and O–H groups in total. The first kappa shape index (κ1) is 13.7. The van der Waals surface area contributed by atoms with E-state index >= 15 is 0 Å². The number of hydrogen-bond acceptors (Lipinski definition) is 5. The monoisotopic (exact) mass is 324 g/mol. The largest absolute Gasteiger partial charge is 0.291 e. The first-order valence-corrected chi connectivity index (χ1v) is 7.60. The third-order valence-corrected chi connectivity index (χ3v) is 4.23. The maximum absolute atomic E-state index is 13.2. The summed E-state index contributed by atoms with van der Waals surface area (Å²) in [6.07, 6.45) is 4.93. The van der Waals surface area contributed by atoms with E-state index in [1.807, 2.05) is 0 Å². The van der Waals surface area contributed by atoms with E-state index < -0.39 is 0 Å². The van der Waals surface area contributed by atoms with Gasteiger partial charge in [-0.25, -0.2) is 4.39 Å². The molecule has 0 saturated heterocycles. The van der Waals surface area contributed by atoms with Crippen molar-refractivity contribution in [3.8, 4) is 11.4 Å². The molecule has 0 amide bonds. The van der Waals surface area contributed by atoms with E-state index in [9.17, 15) is 9.18 Å². The number of benzene rings is 1. The first-order chi connectivity index (χ1) is 11.2. The van der Waals surface area contributed by atoms with E-state index in [1.54, 1.807) is 42.7 Å². The van der Waals surface area contributed by atoms with Crippen LogP contribution < -0.4 is 10.1 Å². The van der Waals surface area contributed by atoms with Crippen LogP contribution in [0.1, 0.15) is 5.56 Å². The molecule has 0 saturated carbocycles. The van der Waals surface area contributed by atoms with Gasteiger partial charge in [-0.15, -0.1) is 5.10 Å². The SMILES string of the molecule is O=c1c(=Cc2cccc(F)c2)sc2nc(-c3ccncc3)nn12. The van der Waals surface area contributed by atoms with Crippen LogP contribution in [-0.4, -0.2) is 19.6 Å². The Hall–Kier alpha value is -2.93. The van der Waals surface area contributed by atoms with Gasteiger partial charge < -0.3 is 0 Å². The van der Waals surface area contributed by atoms with E-state index in [0.717, 1.165) is 5.56 Å². The van der Waals surface area contributed by atoms with Gasteiger partial charge in [0.2, 0.25) is 4.96 Å². The molecule has 7 heteroatoms. The van der Waals surface area contributed by atoms with Crippen molar-refractivity contribution in [1.29, 1.82) is 0 Å². The maximum atomic E-state index is 13.2. The highest BCUT2D eigenvalue weighted by atomic mass is 32.1. The van der Waals surface area contributed by atoms with Crippen molar-refractivity contribution in [1.82, 2.24) is 19.6 Å². The van der Waals surface area contributed by atoms with Crippen LogP contribution in [0, 0.1) is 5.82 Å². The highest BCUT2D eigenvalue weighted by Gasteiger charge is 2.11. The Kier molecular flexibility index (Phi) is 3.20. The smallest absolute Gasteiger partial charge is 0.266 e. The van der Waals surface area contributed by atoms with Crippen molar-refractivity contribution in [2.45, 2.75) is 0 Å². The van der Waals surface area contributed by atoms with Gasteiger partial charge in [0.1, 0.15) is 5.82 Å². The molecule has 0 radical (unpaired) electrons. The van der Waals surface area contributed by atoms with E-state index in [0.29, 0.717) is 20.9 Å². The number of rotatable bonds is 2. The molecule has 1 aromatic carbocycles. The second kappa shape index (κ2) is 5.36. The molecule has 0 atom stereocenters. The number of nitrogens with zero attached hydrogens (tertiary/aromatic N) is 4. The van der Waals surface area contributed by atoms with Crippen molar-refractivity contribution in [3.05, 3.63) is 75.1 Å². The average Bonchev–Trinajstić information content (AvgIpc) is 3.09. The normalized spacial score (nSPS) is 12.1. The minimum Gasteiger partial charge on any atom is -0.266 e. The van der Waals surface area contributed by atoms with Crippen molar-refractivity contribution < 1.29 is 4.39 Å². The lowest BCUT2D eigenvalue weighted by Gasteiger charge is -1.91. The van der Waals surface area contributed by atoms with E-state index in [-0.39, 0.29) is 11.4 Å².